The second-order valence-electron chi connectivity index (χ2n) is 5.47. The minimum atomic E-state index is 0.333. The second kappa shape index (κ2) is 4.72. The fourth-order valence-electron chi connectivity index (χ4n) is 3.02. The van der Waals surface area contributed by atoms with Crippen molar-refractivity contribution < 1.29 is 5.11 Å². The maximum Gasteiger partial charge on any atom is 0.0589 e. The van der Waals surface area contributed by atoms with E-state index in [0.29, 0.717) is 24.0 Å². The molecule has 0 spiro atoms. The molecule has 0 bridgehead atoms. The third-order valence-corrected chi connectivity index (χ3v) is 5.61. The summed E-state index contributed by atoms with van der Waals surface area (Å²) in [6.45, 7) is 4.97. The molecule has 0 amide bonds. The summed E-state index contributed by atoms with van der Waals surface area (Å²) in [7, 11) is 0. The third-order valence-electron chi connectivity index (χ3n) is 4.42. The van der Waals surface area contributed by atoms with Crippen LogP contribution in [0, 0.1) is 11.3 Å². The molecule has 2 atom stereocenters. The monoisotopic (exact) mass is 275 g/mol. The van der Waals surface area contributed by atoms with Crippen molar-refractivity contribution in [2.24, 2.45) is 11.3 Å². The number of hydrogen-bond acceptors (Lipinski definition) is 2. The summed E-state index contributed by atoms with van der Waals surface area (Å²) < 4.78 is 0. The number of rotatable bonds is 4. The van der Waals surface area contributed by atoms with E-state index in [1.54, 1.807) is 0 Å². The molecule has 0 aromatic carbocycles. The minimum absolute atomic E-state index is 0.333. The molecule has 2 fully saturated rings. The highest BCUT2D eigenvalue weighted by molar-refractivity contribution is 9.09. The predicted molar refractivity (Wildman–Crippen MR) is 66.3 cm³/mol. The van der Waals surface area contributed by atoms with Crippen LogP contribution in [-0.2, 0) is 0 Å². The lowest BCUT2D eigenvalue weighted by Crippen LogP contribution is -2.47. The van der Waals surface area contributed by atoms with Crippen LogP contribution in [0.3, 0.4) is 0 Å². The topological polar surface area (TPSA) is 23.5 Å². The SMILES string of the molecule is CC1CCN(CC2(CBr)CCC2)C1CO. The van der Waals surface area contributed by atoms with Gasteiger partial charge in [-0.05, 0) is 37.1 Å². The van der Waals surface area contributed by atoms with Gasteiger partial charge in [-0.15, -0.1) is 0 Å². The van der Waals surface area contributed by atoms with Gasteiger partial charge in [0.2, 0.25) is 0 Å². The van der Waals surface area contributed by atoms with E-state index in [-0.39, 0.29) is 0 Å². The van der Waals surface area contributed by atoms with E-state index in [9.17, 15) is 5.11 Å². The van der Waals surface area contributed by atoms with Gasteiger partial charge in [0, 0.05) is 17.9 Å². The number of aliphatic hydroxyl groups excluding tert-OH is 1. The molecule has 1 saturated heterocycles. The molecule has 2 nitrogen and oxygen atoms in total. The zero-order valence-electron chi connectivity index (χ0n) is 9.58. The molecule has 0 aromatic heterocycles. The second-order valence-corrected chi connectivity index (χ2v) is 6.03. The minimum Gasteiger partial charge on any atom is -0.395 e. The number of halogens is 1. The van der Waals surface area contributed by atoms with Crippen molar-refractivity contribution in [1.82, 2.24) is 4.90 Å². The van der Waals surface area contributed by atoms with E-state index in [1.807, 2.05) is 0 Å². The third kappa shape index (κ3) is 2.25. The molecule has 1 saturated carbocycles. The van der Waals surface area contributed by atoms with Gasteiger partial charge < -0.3 is 5.11 Å². The van der Waals surface area contributed by atoms with Crippen molar-refractivity contribution in [2.45, 2.75) is 38.6 Å². The molecule has 2 unspecified atom stereocenters. The van der Waals surface area contributed by atoms with Gasteiger partial charge in [0.15, 0.2) is 0 Å². The fourth-order valence-corrected chi connectivity index (χ4v) is 3.76. The van der Waals surface area contributed by atoms with Crippen LogP contribution in [0.2, 0.25) is 0 Å². The van der Waals surface area contributed by atoms with Crippen molar-refractivity contribution in [3.8, 4) is 0 Å². The first kappa shape index (κ1) is 11.9. The van der Waals surface area contributed by atoms with Crippen molar-refractivity contribution in [3.05, 3.63) is 0 Å². The summed E-state index contributed by atoms with van der Waals surface area (Å²) in [5.74, 6) is 0.669. The standard InChI is InChI=1S/C12H22BrNO/c1-10-3-6-14(11(10)7-15)9-12(8-13)4-2-5-12/h10-11,15H,2-9H2,1H3. The Morgan fingerprint density at radius 2 is 2.20 bits per heavy atom. The van der Waals surface area contributed by atoms with Gasteiger partial charge in [-0.3, -0.25) is 4.90 Å². The van der Waals surface area contributed by atoms with Crippen LogP contribution >= 0.6 is 15.9 Å². The van der Waals surface area contributed by atoms with Crippen molar-refractivity contribution in [2.75, 3.05) is 25.0 Å². The Labute approximate surface area is 101 Å². The molecule has 2 aliphatic rings. The average Bonchev–Trinajstić information content (AvgIpc) is 2.53. The maximum atomic E-state index is 9.41. The van der Waals surface area contributed by atoms with Crippen LogP contribution in [0.4, 0.5) is 0 Å². The van der Waals surface area contributed by atoms with E-state index in [4.69, 9.17) is 0 Å². The van der Waals surface area contributed by atoms with Crippen LogP contribution < -0.4 is 0 Å². The first-order valence-electron chi connectivity index (χ1n) is 6.12. The maximum absolute atomic E-state index is 9.41. The molecule has 88 valence electrons. The van der Waals surface area contributed by atoms with Crippen LogP contribution in [0.25, 0.3) is 0 Å². The van der Waals surface area contributed by atoms with E-state index in [2.05, 4.69) is 27.8 Å². The molecule has 1 heterocycles. The zero-order valence-corrected chi connectivity index (χ0v) is 11.2. The summed E-state index contributed by atoms with van der Waals surface area (Å²) >= 11 is 3.66. The summed E-state index contributed by atoms with van der Waals surface area (Å²) in [6.07, 6.45) is 5.37. The highest BCUT2D eigenvalue weighted by atomic mass is 79.9. The Morgan fingerprint density at radius 3 is 2.67 bits per heavy atom. The first-order chi connectivity index (χ1) is 7.21. The lowest BCUT2D eigenvalue weighted by atomic mass is 9.70. The van der Waals surface area contributed by atoms with Gasteiger partial charge in [0.1, 0.15) is 0 Å². The van der Waals surface area contributed by atoms with Gasteiger partial charge >= 0.3 is 0 Å². The molecule has 1 aliphatic heterocycles. The molecular weight excluding hydrogens is 254 g/mol. The van der Waals surface area contributed by atoms with Gasteiger partial charge in [0.25, 0.3) is 0 Å². The van der Waals surface area contributed by atoms with Crippen LogP contribution in [-0.4, -0.2) is 41.1 Å². The van der Waals surface area contributed by atoms with E-state index < -0.39 is 0 Å². The molecule has 1 N–H and O–H groups in total. The molecule has 0 aromatic rings. The molecule has 3 heteroatoms. The van der Waals surface area contributed by atoms with Crippen molar-refractivity contribution >= 4 is 15.9 Å². The Hall–Kier alpha value is 0.400. The molecular formula is C12H22BrNO. The Bertz CT molecular complexity index is 212. The molecule has 2 rings (SSSR count). The average molecular weight is 276 g/mol. The lowest BCUT2D eigenvalue weighted by molar-refractivity contribution is 0.0575. The number of nitrogens with zero attached hydrogens (tertiary/aromatic N) is 1. The lowest BCUT2D eigenvalue weighted by Gasteiger charge is -2.44. The first-order valence-corrected chi connectivity index (χ1v) is 7.24. The largest absolute Gasteiger partial charge is 0.395 e. The fraction of sp³-hybridized carbons (Fsp3) is 1.00. The van der Waals surface area contributed by atoms with Crippen LogP contribution in [0.5, 0.6) is 0 Å². The van der Waals surface area contributed by atoms with Gasteiger partial charge in [-0.1, -0.05) is 29.3 Å². The number of likely N-dealkylation sites (tertiary alicyclic amines) is 1. The smallest absolute Gasteiger partial charge is 0.0589 e. The van der Waals surface area contributed by atoms with Crippen molar-refractivity contribution in [3.63, 3.8) is 0 Å². The van der Waals surface area contributed by atoms with E-state index >= 15 is 0 Å². The highest BCUT2D eigenvalue weighted by Gasteiger charge is 2.41. The summed E-state index contributed by atoms with van der Waals surface area (Å²) in [5, 5.41) is 10.5. The summed E-state index contributed by atoms with van der Waals surface area (Å²) in [4.78, 5) is 2.52. The normalized spacial score (nSPS) is 35.4. The Balaban J connectivity index is 1.93. The molecule has 0 radical (unpaired) electrons. The number of aliphatic hydroxyl groups is 1. The summed E-state index contributed by atoms with van der Waals surface area (Å²) in [6, 6.07) is 0.418. The van der Waals surface area contributed by atoms with E-state index in [1.165, 1.54) is 38.8 Å². The van der Waals surface area contributed by atoms with Gasteiger partial charge in [0.05, 0.1) is 6.61 Å². The molecule has 1 aliphatic carbocycles. The van der Waals surface area contributed by atoms with Crippen LogP contribution in [0.1, 0.15) is 32.6 Å². The predicted octanol–water partition coefficient (Wildman–Crippen LogP) is 2.25. The quantitative estimate of drug-likeness (QED) is 0.796. The summed E-state index contributed by atoms with van der Waals surface area (Å²) in [5.41, 5.74) is 0.525. The highest BCUT2D eigenvalue weighted by Crippen LogP contribution is 2.44. The van der Waals surface area contributed by atoms with Gasteiger partial charge in [-0.2, -0.15) is 0 Å². The number of alkyl halides is 1. The molecule has 15 heavy (non-hydrogen) atoms. The number of hydrogen-bond donors (Lipinski definition) is 1. The zero-order chi connectivity index (χ0) is 10.9. The van der Waals surface area contributed by atoms with E-state index in [0.717, 1.165) is 5.33 Å². The van der Waals surface area contributed by atoms with Crippen LogP contribution in [0.15, 0.2) is 0 Å². The van der Waals surface area contributed by atoms with Crippen molar-refractivity contribution in [1.29, 1.82) is 0 Å². The Kier molecular flexibility index (Phi) is 3.74. The van der Waals surface area contributed by atoms with Gasteiger partial charge in [-0.25, -0.2) is 0 Å². The Morgan fingerprint density at radius 1 is 1.47 bits per heavy atom.